The Labute approximate surface area is 125 Å². The van der Waals surface area contributed by atoms with Gasteiger partial charge < -0.3 is 4.98 Å². The molecule has 7 heteroatoms. The molecular formula is C13H13BrN2O3S. The Morgan fingerprint density at radius 2 is 1.80 bits per heavy atom. The number of aromatic nitrogens is 1. The monoisotopic (exact) mass is 356 g/mol. The summed E-state index contributed by atoms with van der Waals surface area (Å²) in [6, 6.07) is 9.45. The van der Waals surface area contributed by atoms with Crippen molar-refractivity contribution in [2.45, 2.75) is 17.9 Å². The van der Waals surface area contributed by atoms with E-state index < -0.39 is 10.0 Å². The zero-order chi connectivity index (χ0) is 14.8. The summed E-state index contributed by atoms with van der Waals surface area (Å²) in [7, 11) is -3.67. The summed E-state index contributed by atoms with van der Waals surface area (Å²) in [4.78, 5) is 13.3. The van der Waals surface area contributed by atoms with Crippen LogP contribution in [0.4, 0.5) is 0 Å². The van der Waals surface area contributed by atoms with Crippen LogP contribution in [0.15, 0.2) is 56.8 Å². The molecule has 0 aliphatic rings. The van der Waals surface area contributed by atoms with E-state index in [2.05, 4.69) is 25.6 Å². The fourth-order valence-electron chi connectivity index (χ4n) is 1.68. The number of pyridine rings is 1. The molecule has 0 unspecified atom stereocenters. The summed E-state index contributed by atoms with van der Waals surface area (Å²) in [6.07, 6.45) is 1.18. The molecule has 0 bridgehead atoms. The molecule has 20 heavy (non-hydrogen) atoms. The Balaban J connectivity index is 2.21. The molecule has 0 aliphatic heterocycles. The molecule has 2 rings (SSSR count). The second-order valence-corrected chi connectivity index (χ2v) is 6.91. The van der Waals surface area contributed by atoms with Crippen molar-refractivity contribution in [2.24, 2.45) is 0 Å². The minimum atomic E-state index is -3.67. The van der Waals surface area contributed by atoms with E-state index >= 15 is 0 Å². The molecule has 1 atom stereocenters. The summed E-state index contributed by atoms with van der Waals surface area (Å²) in [6.45, 7) is 1.76. The standard InChI is InChI=1S/C13H13BrN2O3S/c1-9(10-2-4-11(14)5-3-10)16-20(18,19)12-6-7-13(17)15-8-12/h2-9,16H,1H3,(H,15,17)/t9-/m0/s1. The number of nitrogens with one attached hydrogen (secondary N) is 2. The second-order valence-electron chi connectivity index (χ2n) is 4.28. The fourth-order valence-corrected chi connectivity index (χ4v) is 3.15. The average Bonchev–Trinajstić information content (AvgIpc) is 2.39. The zero-order valence-electron chi connectivity index (χ0n) is 10.6. The van der Waals surface area contributed by atoms with E-state index in [1.165, 1.54) is 18.3 Å². The largest absolute Gasteiger partial charge is 0.328 e. The first-order valence-corrected chi connectivity index (χ1v) is 8.12. The van der Waals surface area contributed by atoms with Gasteiger partial charge in [-0.25, -0.2) is 13.1 Å². The molecule has 0 saturated carbocycles. The van der Waals surface area contributed by atoms with Crippen molar-refractivity contribution < 1.29 is 8.42 Å². The van der Waals surface area contributed by atoms with Crippen LogP contribution in [0.25, 0.3) is 0 Å². The molecule has 0 saturated heterocycles. The normalized spacial score (nSPS) is 13.1. The number of H-pyrrole nitrogens is 1. The molecule has 0 spiro atoms. The first-order chi connectivity index (χ1) is 9.38. The smallest absolute Gasteiger partial charge is 0.247 e. The minimum absolute atomic E-state index is 0.0288. The van der Waals surface area contributed by atoms with Crippen LogP contribution in [0, 0.1) is 0 Å². The van der Waals surface area contributed by atoms with Crippen LogP contribution in [0.3, 0.4) is 0 Å². The number of aromatic amines is 1. The summed E-state index contributed by atoms with van der Waals surface area (Å²) >= 11 is 3.33. The SMILES string of the molecule is C[C@H](NS(=O)(=O)c1ccc(=O)[nH]c1)c1ccc(Br)cc1. The van der Waals surface area contributed by atoms with Gasteiger partial charge in [0.2, 0.25) is 15.6 Å². The van der Waals surface area contributed by atoms with Gasteiger partial charge in [0.05, 0.1) is 4.90 Å². The maximum Gasteiger partial charge on any atom is 0.247 e. The van der Waals surface area contributed by atoms with Crippen LogP contribution in [-0.4, -0.2) is 13.4 Å². The van der Waals surface area contributed by atoms with Gasteiger partial charge in [0.15, 0.2) is 0 Å². The fraction of sp³-hybridized carbons (Fsp3) is 0.154. The Morgan fingerprint density at radius 1 is 1.15 bits per heavy atom. The van der Waals surface area contributed by atoms with Gasteiger partial charge in [0.25, 0.3) is 0 Å². The van der Waals surface area contributed by atoms with Gasteiger partial charge in [0, 0.05) is 22.8 Å². The quantitative estimate of drug-likeness (QED) is 0.880. The molecule has 1 aromatic heterocycles. The number of hydrogen-bond donors (Lipinski definition) is 2. The molecule has 1 aromatic carbocycles. The number of benzene rings is 1. The molecule has 5 nitrogen and oxygen atoms in total. The summed E-state index contributed by atoms with van der Waals surface area (Å²) in [5, 5.41) is 0. The van der Waals surface area contributed by atoms with Gasteiger partial charge in [-0.15, -0.1) is 0 Å². The van der Waals surface area contributed by atoms with Gasteiger partial charge in [-0.2, -0.15) is 0 Å². The lowest BCUT2D eigenvalue weighted by Gasteiger charge is -2.14. The van der Waals surface area contributed by atoms with Crippen molar-refractivity contribution in [3.8, 4) is 0 Å². The summed E-state index contributed by atoms with van der Waals surface area (Å²) in [5.41, 5.74) is 0.506. The minimum Gasteiger partial charge on any atom is -0.328 e. The first kappa shape index (κ1) is 15.0. The van der Waals surface area contributed by atoms with Crippen molar-refractivity contribution in [1.29, 1.82) is 0 Å². The van der Waals surface area contributed by atoms with Crippen molar-refractivity contribution in [3.63, 3.8) is 0 Å². The van der Waals surface area contributed by atoms with Crippen molar-refractivity contribution in [1.82, 2.24) is 9.71 Å². The highest BCUT2D eigenvalue weighted by atomic mass is 79.9. The van der Waals surface area contributed by atoms with E-state index in [0.29, 0.717) is 0 Å². The second kappa shape index (κ2) is 5.90. The third-order valence-corrected chi connectivity index (χ3v) is 4.83. The van der Waals surface area contributed by atoms with E-state index in [1.54, 1.807) is 6.92 Å². The van der Waals surface area contributed by atoms with Gasteiger partial charge in [-0.1, -0.05) is 28.1 Å². The van der Waals surface area contributed by atoms with Crippen LogP contribution in [0.2, 0.25) is 0 Å². The van der Waals surface area contributed by atoms with E-state index in [-0.39, 0.29) is 16.5 Å². The number of rotatable bonds is 4. The maximum atomic E-state index is 12.2. The van der Waals surface area contributed by atoms with E-state index in [9.17, 15) is 13.2 Å². The van der Waals surface area contributed by atoms with Gasteiger partial charge in [-0.05, 0) is 30.7 Å². The van der Waals surface area contributed by atoms with E-state index in [0.717, 1.165) is 10.0 Å². The highest BCUT2D eigenvalue weighted by molar-refractivity contribution is 9.10. The number of hydrogen-bond acceptors (Lipinski definition) is 3. The molecule has 0 amide bonds. The Bertz CT molecular complexity index is 733. The predicted octanol–water partition coefficient (Wildman–Crippen LogP) is 2.18. The van der Waals surface area contributed by atoms with Crippen LogP contribution in [0.1, 0.15) is 18.5 Å². The Kier molecular flexibility index (Phi) is 4.42. The molecule has 0 aliphatic carbocycles. The molecule has 0 fully saturated rings. The molecule has 106 valence electrons. The van der Waals surface area contributed by atoms with Crippen LogP contribution in [0.5, 0.6) is 0 Å². The highest BCUT2D eigenvalue weighted by Gasteiger charge is 2.18. The third kappa shape index (κ3) is 3.56. The van der Waals surface area contributed by atoms with Gasteiger partial charge in [0.1, 0.15) is 0 Å². The van der Waals surface area contributed by atoms with Gasteiger partial charge >= 0.3 is 0 Å². The zero-order valence-corrected chi connectivity index (χ0v) is 13.0. The molecule has 2 N–H and O–H groups in total. The van der Waals surface area contributed by atoms with Gasteiger partial charge in [-0.3, -0.25) is 4.79 Å². The topological polar surface area (TPSA) is 79.0 Å². The van der Waals surface area contributed by atoms with Crippen LogP contribution < -0.4 is 10.3 Å². The highest BCUT2D eigenvalue weighted by Crippen LogP contribution is 2.18. The van der Waals surface area contributed by atoms with Crippen LogP contribution >= 0.6 is 15.9 Å². The van der Waals surface area contributed by atoms with Crippen molar-refractivity contribution in [3.05, 3.63) is 63.0 Å². The lowest BCUT2D eigenvalue weighted by molar-refractivity contribution is 0.566. The lowest BCUT2D eigenvalue weighted by atomic mass is 10.1. The Morgan fingerprint density at radius 3 is 2.35 bits per heavy atom. The van der Waals surface area contributed by atoms with E-state index in [4.69, 9.17) is 0 Å². The average molecular weight is 357 g/mol. The van der Waals surface area contributed by atoms with Crippen molar-refractivity contribution >= 4 is 26.0 Å². The number of sulfonamides is 1. The van der Waals surface area contributed by atoms with E-state index in [1.807, 2.05) is 24.3 Å². The first-order valence-electron chi connectivity index (χ1n) is 5.85. The van der Waals surface area contributed by atoms with Crippen LogP contribution in [-0.2, 0) is 10.0 Å². The predicted molar refractivity (Wildman–Crippen MR) is 79.9 cm³/mol. The van der Waals surface area contributed by atoms with Crippen molar-refractivity contribution in [2.75, 3.05) is 0 Å². The maximum absolute atomic E-state index is 12.2. The molecule has 2 aromatic rings. The number of halogens is 1. The third-order valence-electron chi connectivity index (χ3n) is 2.77. The molecule has 0 radical (unpaired) electrons. The molecular weight excluding hydrogens is 344 g/mol. The lowest BCUT2D eigenvalue weighted by Crippen LogP contribution is -2.27. The molecule has 1 heterocycles. The summed E-state index contributed by atoms with van der Waals surface area (Å²) in [5.74, 6) is 0. The summed E-state index contributed by atoms with van der Waals surface area (Å²) < 4.78 is 27.8. The Hall–Kier alpha value is -1.44.